The topological polar surface area (TPSA) is 111 Å². The number of hydrogen-bond donors (Lipinski definition) is 0. The van der Waals surface area contributed by atoms with Gasteiger partial charge in [0.25, 0.3) is 0 Å². The average molecular weight is 1010 g/mol. The van der Waals surface area contributed by atoms with Crippen molar-refractivity contribution in [3.63, 3.8) is 0 Å². The summed E-state index contributed by atoms with van der Waals surface area (Å²) in [4.78, 5) is 37.2. The van der Waals surface area contributed by atoms with Gasteiger partial charge in [-0.15, -0.1) is 0 Å². The van der Waals surface area contributed by atoms with E-state index in [2.05, 4.69) is 160 Å². The number of unbranched alkanes of at least 4 members (excludes halogenated alkanes) is 7. The molecule has 0 saturated carbocycles. The third-order valence-electron chi connectivity index (χ3n) is 10.8. The van der Waals surface area contributed by atoms with Gasteiger partial charge in [-0.2, -0.15) is 0 Å². The van der Waals surface area contributed by atoms with Crippen LogP contribution in [0.2, 0.25) is 0 Å². The molecule has 0 aliphatic heterocycles. The molecule has 0 spiro atoms. The quantitative estimate of drug-likeness (QED) is 0.0195. The fourth-order valence-corrected chi connectivity index (χ4v) is 6.60. The van der Waals surface area contributed by atoms with Crippen LogP contribution in [0.3, 0.4) is 0 Å². The zero-order chi connectivity index (χ0) is 53.4. The van der Waals surface area contributed by atoms with E-state index in [0.717, 1.165) is 116 Å². The molecule has 0 rings (SSSR count). The maximum Gasteiger partial charge on any atom is 0.306 e. The summed E-state index contributed by atoms with van der Waals surface area (Å²) >= 11 is 0. The van der Waals surface area contributed by atoms with Gasteiger partial charge in [0.15, 0.2) is 12.4 Å². The van der Waals surface area contributed by atoms with Crippen molar-refractivity contribution >= 4 is 17.9 Å². The molecular formula is C64H99NO8. The van der Waals surface area contributed by atoms with Crippen LogP contribution in [0.25, 0.3) is 0 Å². The van der Waals surface area contributed by atoms with E-state index in [4.69, 9.17) is 18.9 Å². The molecule has 0 heterocycles. The average Bonchev–Trinajstić information content (AvgIpc) is 3.36. The van der Waals surface area contributed by atoms with Crippen LogP contribution in [-0.2, 0) is 33.3 Å². The third kappa shape index (κ3) is 54.5. The molecule has 2 unspecified atom stereocenters. The molecule has 0 N–H and O–H groups in total. The predicted molar refractivity (Wildman–Crippen MR) is 305 cm³/mol. The molecule has 0 aromatic rings. The highest BCUT2D eigenvalue weighted by molar-refractivity contribution is 5.70. The van der Waals surface area contributed by atoms with E-state index in [1.54, 1.807) is 0 Å². The number of quaternary nitrogens is 1. The summed E-state index contributed by atoms with van der Waals surface area (Å²) in [5.74, 6) is -2.43. The van der Waals surface area contributed by atoms with Gasteiger partial charge in [-0.25, -0.2) is 0 Å². The Labute approximate surface area is 444 Å². The summed E-state index contributed by atoms with van der Waals surface area (Å²) < 4.78 is 22.5. The second-order valence-corrected chi connectivity index (χ2v) is 18.8. The van der Waals surface area contributed by atoms with E-state index in [1.807, 2.05) is 33.3 Å². The van der Waals surface area contributed by atoms with Crippen molar-refractivity contribution in [2.75, 3.05) is 47.5 Å². The van der Waals surface area contributed by atoms with Crippen LogP contribution >= 0.6 is 0 Å². The van der Waals surface area contributed by atoms with Gasteiger partial charge in [-0.1, -0.05) is 204 Å². The Bertz CT molecular complexity index is 1750. The van der Waals surface area contributed by atoms with Crippen molar-refractivity contribution < 1.29 is 42.9 Å². The van der Waals surface area contributed by atoms with E-state index in [0.29, 0.717) is 23.9 Å². The lowest BCUT2D eigenvalue weighted by Gasteiger charge is -2.26. The van der Waals surface area contributed by atoms with Crippen LogP contribution in [0.15, 0.2) is 158 Å². The SMILES string of the molecule is CC/C=C\C/C=C\C/C=C\C/C=C\C/C=C\C/C=C\C/C=C\CCCCCCCCCC(=O)OC(COC(=O)CC/C=C\C/C=C\C/C=C\C/C=C\C/C=C\C/C=C\CC)COC(OCC[N+](C)(C)C)C(=O)[O-]. The maximum atomic E-state index is 12.8. The molecule has 0 aliphatic rings. The Morgan fingerprint density at radius 2 is 0.767 bits per heavy atom. The zero-order valence-corrected chi connectivity index (χ0v) is 46.2. The first kappa shape index (κ1) is 67.9. The Kier molecular flexibility index (Phi) is 49.5. The Morgan fingerprint density at radius 1 is 0.411 bits per heavy atom. The zero-order valence-electron chi connectivity index (χ0n) is 46.2. The number of carboxylic acids is 1. The molecular weight excluding hydrogens is 911 g/mol. The highest BCUT2D eigenvalue weighted by atomic mass is 16.7. The van der Waals surface area contributed by atoms with E-state index in [1.165, 1.54) is 12.8 Å². The van der Waals surface area contributed by atoms with Crippen LogP contribution in [0.5, 0.6) is 0 Å². The van der Waals surface area contributed by atoms with E-state index in [-0.39, 0.29) is 32.7 Å². The second-order valence-electron chi connectivity index (χ2n) is 18.8. The first-order valence-electron chi connectivity index (χ1n) is 27.6. The lowest BCUT2D eigenvalue weighted by Crippen LogP contribution is -2.44. The molecule has 73 heavy (non-hydrogen) atoms. The number of carbonyl (C=O) groups excluding carboxylic acids is 3. The van der Waals surface area contributed by atoms with E-state index >= 15 is 0 Å². The van der Waals surface area contributed by atoms with Crippen LogP contribution in [0.1, 0.15) is 168 Å². The summed E-state index contributed by atoms with van der Waals surface area (Å²) in [6, 6.07) is 0. The predicted octanol–water partition coefficient (Wildman–Crippen LogP) is 14.9. The summed E-state index contributed by atoms with van der Waals surface area (Å²) in [5, 5.41) is 11.8. The van der Waals surface area contributed by atoms with Crippen molar-refractivity contribution in [1.82, 2.24) is 0 Å². The molecule has 0 aromatic carbocycles. The molecule has 9 heteroatoms. The lowest BCUT2D eigenvalue weighted by molar-refractivity contribution is -0.870. The molecule has 0 aromatic heterocycles. The van der Waals surface area contributed by atoms with Crippen LogP contribution in [-0.4, -0.2) is 82.3 Å². The highest BCUT2D eigenvalue weighted by Gasteiger charge is 2.21. The van der Waals surface area contributed by atoms with Crippen LogP contribution in [0.4, 0.5) is 0 Å². The third-order valence-corrected chi connectivity index (χ3v) is 10.8. The number of likely N-dealkylation sites (N-methyl/N-ethyl adjacent to an activating group) is 1. The van der Waals surface area contributed by atoms with E-state index < -0.39 is 30.3 Å². The standard InChI is InChI=1S/C64H99NO8/c1-6-8-10-12-14-16-18-20-22-24-26-27-28-29-30-31-32-33-34-35-37-39-41-43-45-47-49-51-53-55-62(67)73-60(59-72-64(63(68)69)70-57-56-65(3,4)5)58-71-61(66)54-52-50-48-46-44-42-40-38-36-25-23-21-19-17-15-13-11-9-7-2/h8-11,14-17,20-23,26-27,29-30,32-33,35-38,42,44,48,50,60,64H,6-7,12-13,18-19,24-25,28,31,34,39-41,43,45-47,49,51-59H2,1-5H3/b10-8-,11-9-,16-14-,17-15-,22-20-,23-21-,27-26-,30-29-,33-32-,37-35-,38-36-,44-42-,50-48-. The Balaban J connectivity index is 4.44. The number of ether oxygens (including phenoxy) is 4. The fraction of sp³-hybridized carbons (Fsp3) is 0.547. The maximum absolute atomic E-state index is 12.8. The highest BCUT2D eigenvalue weighted by Crippen LogP contribution is 2.12. The van der Waals surface area contributed by atoms with Gasteiger partial charge in [0.05, 0.1) is 40.3 Å². The van der Waals surface area contributed by atoms with Gasteiger partial charge in [-0.3, -0.25) is 9.59 Å². The Hall–Kier alpha value is -5.09. The largest absolute Gasteiger partial charge is 0.545 e. The van der Waals surface area contributed by atoms with Crippen molar-refractivity contribution in [3.05, 3.63) is 158 Å². The number of aliphatic carboxylic acids is 1. The molecule has 0 amide bonds. The molecule has 0 saturated heterocycles. The summed E-state index contributed by atoms with van der Waals surface area (Å²) in [6.07, 6.45) is 75.8. The van der Waals surface area contributed by atoms with Crippen LogP contribution in [0, 0.1) is 0 Å². The van der Waals surface area contributed by atoms with Gasteiger partial charge in [0, 0.05) is 12.8 Å². The number of allylic oxidation sites excluding steroid dienone is 26. The first-order chi connectivity index (χ1) is 35.6. The minimum absolute atomic E-state index is 0.124. The number of esters is 2. The summed E-state index contributed by atoms with van der Waals surface area (Å²) in [7, 11) is 5.88. The minimum Gasteiger partial charge on any atom is -0.545 e. The molecule has 0 fully saturated rings. The fourth-order valence-electron chi connectivity index (χ4n) is 6.60. The normalized spacial score (nSPS) is 14.0. The molecule has 0 radical (unpaired) electrons. The van der Waals surface area contributed by atoms with Gasteiger partial charge < -0.3 is 33.3 Å². The molecule has 408 valence electrons. The van der Waals surface area contributed by atoms with Crippen molar-refractivity contribution in [2.45, 2.75) is 180 Å². The monoisotopic (exact) mass is 1010 g/mol. The van der Waals surface area contributed by atoms with Gasteiger partial charge in [-0.05, 0) is 109 Å². The van der Waals surface area contributed by atoms with Gasteiger partial charge in [0.1, 0.15) is 13.2 Å². The summed E-state index contributed by atoms with van der Waals surface area (Å²) in [6.45, 7) is 4.38. The number of hydrogen-bond acceptors (Lipinski definition) is 8. The van der Waals surface area contributed by atoms with Crippen LogP contribution < -0.4 is 5.11 Å². The smallest absolute Gasteiger partial charge is 0.306 e. The van der Waals surface area contributed by atoms with Crippen molar-refractivity contribution in [2.24, 2.45) is 0 Å². The molecule has 9 nitrogen and oxygen atoms in total. The molecule has 2 atom stereocenters. The van der Waals surface area contributed by atoms with Gasteiger partial charge in [0.2, 0.25) is 0 Å². The Morgan fingerprint density at radius 3 is 1.15 bits per heavy atom. The number of carbonyl (C=O) groups is 3. The lowest BCUT2D eigenvalue weighted by atomic mass is 10.1. The summed E-state index contributed by atoms with van der Waals surface area (Å²) in [5.41, 5.74) is 0. The molecule has 0 aliphatic carbocycles. The first-order valence-corrected chi connectivity index (χ1v) is 27.6. The molecule has 0 bridgehead atoms. The number of nitrogens with zero attached hydrogens (tertiary/aromatic N) is 1. The van der Waals surface area contributed by atoms with Gasteiger partial charge >= 0.3 is 11.9 Å². The van der Waals surface area contributed by atoms with E-state index in [9.17, 15) is 19.5 Å². The number of carboxylic acid groups (broad SMARTS) is 1. The van der Waals surface area contributed by atoms with Crippen molar-refractivity contribution in [3.8, 4) is 0 Å². The second kappa shape index (κ2) is 53.2. The number of rotatable bonds is 48. The minimum atomic E-state index is -1.65. The van der Waals surface area contributed by atoms with Crippen molar-refractivity contribution in [1.29, 1.82) is 0 Å².